The Bertz CT molecular complexity index is 1220. The molecule has 0 radical (unpaired) electrons. The van der Waals surface area contributed by atoms with E-state index in [1.165, 1.54) is 10.9 Å². The summed E-state index contributed by atoms with van der Waals surface area (Å²) in [6.45, 7) is 1.43. The van der Waals surface area contributed by atoms with Gasteiger partial charge in [-0.05, 0) is 30.2 Å². The van der Waals surface area contributed by atoms with Crippen molar-refractivity contribution >= 4 is 22.7 Å². The molecule has 162 valence electrons. The number of aromatic nitrogens is 2. The minimum absolute atomic E-state index is 0.00896. The number of ether oxygens (including phenoxy) is 1. The Labute approximate surface area is 185 Å². The van der Waals surface area contributed by atoms with E-state index in [2.05, 4.69) is 27.4 Å². The Balaban J connectivity index is 1.17. The second kappa shape index (κ2) is 7.31. The second-order valence-corrected chi connectivity index (χ2v) is 8.81. The number of carbonyl (C=O) groups is 2. The molecule has 1 spiro atoms. The summed E-state index contributed by atoms with van der Waals surface area (Å²) in [5.74, 6) is -1.11. The number of pyridine rings is 1. The lowest BCUT2D eigenvalue weighted by Crippen LogP contribution is -2.44. The fourth-order valence-corrected chi connectivity index (χ4v) is 5.46. The van der Waals surface area contributed by atoms with Crippen LogP contribution in [0.1, 0.15) is 11.3 Å². The number of benzene rings is 1. The summed E-state index contributed by atoms with van der Waals surface area (Å²) in [7, 11) is 0. The molecule has 2 N–H and O–H groups in total. The summed E-state index contributed by atoms with van der Waals surface area (Å²) in [6, 6.07) is 13.8. The maximum atomic E-state index is 13.4. The van der Waals surface area contributed by atoms with Crippen molar-refractivity contribution < 1.29 is 14.3 Å². The highest BCUT2D eigenvalue weighted by Crippen LogP contribution is 2.51. The molecule has 2 bridgehead atoms. The Kier molecular flexibility index (Phi) is 4.40. The van der Waals surface area contributed by atoms with Crippen LogP contribution in [0.25, 0.3) is 10.9 Å². The second-order valence-electron chi connectivity index (χ2n) is 8.81. The van der Waals surface area contributed by atoms with E-state index in [1.54, 1.807) is 6.20 Å². The fourth-order valence-electron chi connectivity index (χ4n) is 5.46. The lowest BCUT2D eigenvalue weighted by molar-refractivity contribution is -0.137. The molecule has 1 aromatic carbocycles. The molecule has 0 unspecified atom stereocenters. The number of hydrogen-bond acceptors (Lipinski definition) is 4. The molecule has 3 aliphatic heterocycles. The van der Waals surface area contributed by atoms with Gasteiger partial charge in [-0.1, -0.05) is 36.4 Å². The van der Waals surface area contributed by atoms with Crippen LogP contribution in [0.2, 0.25) is 0 Å². The van der Waals surface area contributed by atoms with Crippen LogP contribution in [0.3, 0.4) is 0 Å². The first-order valence-corrected chi connectivity index (χ1v) is 11.0. The van der Waals surface area contributed by atoms with Crippen LogP contribution >= 0.6 is 0 Å². The summed E-state index contributed by atoms with van der Waals surface area (Å²) in [6.07, 6.45) is 8.06. The predicted octanol–water partition coefficient (Wildman–Crippen LogP) is 2.20. The van der Waals surface area contributed by atoms with E-state index < -0.39 is 17.4 Å². The van der Waals surface area contributed by atoms with Crippen molar-refractivity contribution in [1.29, 1.82) is 0 Å². The van der Waals surface area contributed by atoms with Crippen molar-refractivity contribution in [3.05, 3.63) is 78.3 Å². The van der Waals surface area contributed by atoms with E-state index in [0.717, 1.165) is 17.6 Å². The highest BCUT2D eigenvalue weighted by Gasteiger charge is 2.66. The third-order valence-corrected chi connectivity index (χ3v) is 6.98. The van der Waals surface area contributed by atoms with Gasteiger partial charge in [0, 0.05) is 29.8 Å². The Morgan fingerprint density at radius 3 is 3.00 bits per heavy atom. The number of rotatable bonds is 6. The van der Waals surface area contributed by atoms with Crippen LogP contribution in [0.5, 0.6) is 0 Å². The summed E-state index contributed by atoms with van der Waals surface area (Å²) in [5, 5.41) is 4.14. The number of nitrogens with one attached hydrogen (secondary N) is 2. The maximum Gasteiger partial charge on any atom is 0.230 e. The van der Waals surface area contributed by atoms with Gasteiger partial charge < -0.3 is 19.9 Å². The first-order chi connectivity index (χ1) is 15.6. The van der Waals surface area contributed by atoms with Gasteiger partial charge in [-0.2, -0.15) is 0 Å². The van der Waals surface area contributed by atoms with Crippen molar-refractivity contribution in [2.24, 2.45) is 11.8 Å². The van der Waals surface area contributed by atoms with E-state index >= 15 is 0 Å². The molecule has 0 saturated carbocycles. The SMILES string of the molecule is O=C(NCc1ccccn1)[C@H]1[C@@H]2C=C[C@]3(CN(CCc4c[nH]c5ccccc45)C(=O)[C@@H]13)O2. The van der Waals surface area contributed by atoms with Crippen molar-refractivity contribution in [3.8, 4) is 0 Å². The number of amides is 2. The van der Waals surface area contributed by atoms with Gasteiger partial charge in [-0.25, -0.2) is 0 Å². The van der Waals surface area contributed by atoms with Crippen molar-refractivity contribution in [3.63, 3.8) is 0 Å². The zero-order valence-electron chi connectivity index (χ0n) is 17.5. The highest BCUT2D eigenvalue weighted by atomic mass is 16.5. The molecule has 6 rings (SSSR count). The van der Waals surface area contributed by atoms with Gasteiger partial charge in [0.2, 0.25) is 11.8 Å². The van der Waals surface area contributed by atoms with Gasteiger partial charge in [-0.15, -0.1) is 0 Å². The molecular weight excluding hydrogens is 404 g/mol. The highest BCUT2D eigenvalue weighted by molar-refractivity contribution is 5.93. The van der Waals surface area contributed by atoms with Crippen LogP contribution in [0.4, 0.5) is 0 Å². The molecule has 2 fully saturated rings. The number of hydrogen-bond donors (Lipinski definition) is 2. The summed E-state index contributed by atoms with van der Waals surface area (Å²) in [5.41, 5.74) is 2.39. The number of fused-ring (bicyclic) bond motifs is 2. The van der Waals surface area contributed by atoms with Gasteiger partial charge in [0.05, 0.1) is 36.7 Å². The molecule has 3 aromatic rings. The summed E-state index contributed by atoms with van der Waals surface area (Å²) < 4.78 is 6.22. The lowest BCUT2D eigenvalue weighted by atomic mass is 9.77. The van der Waals surface area contributed by atoms with Gasteiger partial charge in [0.25, 0.3) is 0 Å². The van der Waals surface area contributed by atoms with Crippen molar-refractivity contribution in [1.82, 2.24) is 20.2 Å². The Hall–Kier alpha value is -3.45. The molecular formula is C25H24N4O3. The smallest absolute Gasteiger partial charge is 0.230 e. The van der Waals surface area contributed by atoms with Gasteiger partial charge >= 0.3 is 0 Å². The van der Waals surface area contributed by atoms with Crippen LogP contribution in [0, 0.1) is 11.8 Å². The number of likely N-dealkylation sites (tertiary alicyclic amines) is 1. The van der Waals surface area contributed by atoms with E-state index in [4.69, 9.17) is 4.74 Å². The largest absolute Gasteiger partial charge is 0.361 e. The monoisotopic (exact) mass is 428 g/mol. The molecule has 5 heterocycles. The third-order valence-electron chi connectivity index (χ3n) is 6.98. The first-order valence-electron chi connectivity index (χ1n) is 11.0. The van der Waals surface area contributed by atoms with Gasteiger partial charge in [-0.3, -0.25) is 14.6 Å². The number of nitrogens with zero attached hydrogens (tertiary/aromatic N) is 2. The van der Waals surface area contributed by atoms with Crippen LogP contribution in [-0.2, 0) is 27.3 Å². The van der Waals surface area contributed by atoms with Gasteiger partial charge in [0.15, 0.2) is 0 Å². The minimum Gasteiger partial charge on any atom is -0.361 e. The van der Waals surface area contributed by atoms with Crippen LogP contribution in [-0.4, -0.2) is 51.5 Å². The van der Waals surface area contributed by atoms with E-state index in [1.807, 2.05) is 53.6 Å². The molecule has 2 saturated heterocycles. The van der Waals surface area contributed by atoms with Crippen molar-refractivity contribution in [2.75, 3.05) is 13.1 Å². The molecule has 4 atom stereocenters. The Morgan fingerprint density at radius 1 is 1.25 bits per heavy atom. The number of H-pyrrole nitrogens is 1. The number of aromatic amines is 1. The molecule has 7 nitrogen and oxygen atoms in total. The molecule has 2 aromatic heterocycles. The standard InChI is InChI=1S/C25H24N4O3/c30-23(28-14-17-5-3-4-11-26-17)21-20-8-10-25(32-20)15-29(24(31)22(21)25)12-9-16-13-27-19-7-2-1-6-18(16)19/h1-8,10-11,13,20-22,27H,9,12,14-15H2,(H,28,30)/t20-,21-,22+,25+/m0/s1. The average Bonchev–Trinajstić information content (AvgIpc) is 3.56. The number of carbonyl (C=O) groups excluding carboxylic acids is 2. The Morgan fingerprint density at radius 2 is 2.12 bits per heavy atom. The van der Waals surface area contributed by atoms with Gasteiger partial charge in [0.1, 0.15) is 5.60 Å². The summed E-state index contributed by atoms with van der Waals surface area (Å²) in [4.78, 5) is 35.9. The molecule has 2 amide bonds. The normalized spacial score (nSPS) is 27.9. The zero-order chi connectivity index (χ0) is 21.7. The molecule has 3 aliphatic rings. The van der Waals surface area contributed by atoms with Crippen molar-refractivity contribution in [2.45, 2.75) is 24.7 Å². The molecule has 32 heavy (non-hydrogen) atoms. The quantitative estimate of drug-likeness (QED) is 0.590. The molecule has 0 aliphatic carbocycles. The lowest BCUT2D eigenvalue weighted by Gasteiger charge is -2.23. The predicted molar refractivity (Wildman–Crippen MR) is 118 cm³/mol. The van der Waals surface area contributed by atoms with Crippen LogP contribution in [0.15, 0.2) is 67.0 Å². The minimum atomic E-state index is -0.686. The maximum absolute atomic E-state index is 13.4. The number of para-hydroxylation sites is 1. The average molecular weight is 428 g/mol. The van der Waals surface area contributed by atoms with E-state index in [9.17, 15) is 9.59 Å². The topological polar surface area (TPSA) is 87.3 Å². The fraction of sp³-hybridized carbons (Fsp3) is 0.320. The van der Waals surface area contributed by atoms with E-state index in [0.29, 0.717) is 19.6 Å². The zero-order valence-corrected chi connectivity index (χ0v) is 17.5. The van der Waals surface area contributed by atoms with Crippen LogP contribution < -0.4 is 5.32 Å². The summed E-state index contributed by atoms with van der Waals surface area (Å²) >= 11 is 0. The molecule has 7 heteroatoms. The van der Waals surface area contributed by atoms with E-state index in [-0.39, 0.29) is 17.9 Å². The first kappa shape index (κ1) is 19.3. The third kappa shape index (κ3) is 2.96.